The Labute approximate surface area is 121 Å². The SMILES string of the molecule is CC(C)C(C)(C)CNS(=O)(=O)Cc1ccc(C#N)cc1. The summed E-state index contributed by atoms with van der Waals surface area (Å²) < 4.78 is 26.8. The fraction of sp³-hybridized carbons (Fsp3) is 0.533. The number of hydrogen-bond donors (Lipinski definition) is 1. The normalized spacial score (nSPS) is 12.4. The summed E-state index contributed by atoms with van der Waals surface area (Å²) in [5.41, 5.74) is 1.12. The highest BCUT2D eigenvalue weighted by Crippen LogP contribution is 2.25. The van der Waals surface area contributed by atoms with Crippen LogP contribution in [0.2, 0.25) is 0 Å². The number of hydrogen-bond acceptors (Lipinski definition) is 3. The average molecular weight is 294 g/mol. The minimum atomic E-state index is -3.35. The van der Waals surface area contributed by atoms with E-state index in [1.807, 2.05) is 19.9 Å². The van der Waals surface area contributed by atoms with E-state index in [9.17, 15) is 8.42 Å². The fourth-order valence-corrected chi connectivity index (χ4v) is 2.77. The molecule has 0 radical (unpaired) electrons. The Bertz CT molecular complexity index is 581. The van der Waals surface area contributed by atoms with Crippen molar-refractivity contribution in [3.63, 3.8) is 0 Å². The van der Waals surface area contributed by atoms with Crippen LogP contribution in [0.1, 0.15) is 38.8 Å². The molecule has 1 N–H and O–H groups in total. The number of benzene rings is 1. The van der Waals surface area contributed by atoms with E-state index in [1.165, 1.54) is 0 Å². The van der Waals surface area contributed by atoms with Crippen LogP contribution >= 0.6 is 0 Å². The van der Waals surface area contributed by atoms with Crippen molar-refractivity contribution in [1.29, 1.82) is 5.26 Å². The molecule has 0 fully saturated rings. The first-order valence-electron chi connectivity index (χ1n) is 6.63. The zero-order chi connectivity index (χ0) is 15.4. The smallest absolute Gasteiger partial charge is 0.214 e. The van der Waals surface area contributed by atoms with E-state index in [2.05, 4.69) is 18.6 Å². The van der Waals surface area contributed by atoms with Crippen molar-refractivity contribution in [1.82, 2.24) is 4.72 Å². The van der Waals surface area contributed by atoms with Crippen molar-refractivity contribution in [3.05, 3.63) is 35.4 Å². The average Bonchev–Trinajstić information content (AvgIpc) is 2.37. The van der Waals surface area contributed by atoms with Crippen LogP contribution in [0, 0.1) is 22.7 Å². The molecule has 0 atom stereocenters. The Balaban J connectivity index is 2.68. The molecule has 110 valence electrons. The standard InChI is InChI=1S/C15H22N2O2S/c1-12(2)15(3,4)11-17-20(18,19)10-14-7-5-13(9-16)6-8-14/h5-8,12,17H,10-11H2,1-4H3. The lowest BCUT2D eigenvalue weighted by atomic mass is 9.81. The highest BCUT2D eigenvalue weighted by Gasteiger charge is 2.24. The molecule has 0 aromatic heterocycles. The predicted octanol–water partition coefficient (Wildman–Crippen LogP) is 2.66. The van der Waals surface area contributed by atoms with Gasteiger partial charge < -0.3 is 0 Å². The highest BCUT2D eigenvalue weighted by molar-refractivity contribution is 7.88. The molecular weight excluding hydrogens is 272 g/mol. The molecule has 0 unspecified atom stereocenters. The Morgan fingerprint density at radius 2 is 1.80 bits per heavy atom. The molecule has 0 heterocycles. The summed E-state index contributed by atoms with van der Waals surface area (Å²) in [6.07, 6.45) is 0. The lowest BCUT2D eigenvalue weighted by Crippen LogP contribution is -2.37. The van der Waals surface area contributed by atoms with Gasteiger partial charge in [-0.25, -0.2) is 13.1 Å². The molecular formula is C15H22N2O2S. The molecule has 20 heavy (non-hydrogen) atoms. The lowest BCUT2D eigenvalue weighted by molar-refractivity contribution is 0.252. The first-order chi connectivity index (χ1) is 9.16. The number of nitriles is 1. The van der Waals surface area contributed by atoms with E-state index >= 15 is 0 Å². The maximum Gasteiger partial charge on any atom is 0.215 e. The Hall–Kier alpha value is -1.38. The van der Waals surface area contributed by atoms with Crippen molar-refractivity contribution < 1.29 is 8.42 Å². The Morgan fingerprint density at radius 3 is 2.25 bits per heavy atom. The first kappa shape index (κ1) is 16.7. The third kappa shape index (κ3) is 4.95. The van der Waals surface area contributed by atoms with Crippen molar-refractivity contribution >= 4 is 10.0 Å². The van der Waals surface area contributed by atoms with Crippen LogP contribution < -0.4 is 4.72 Å². The molecule has 5 heteroatoms. The molecule has 1 rings (SSSR count). The van der Waals surface area contributed by atoms with E-state index in [4.69, 9.17) is 5.26 Å². The van der Waals surface area contributed by atoms with Crippen LogP contribution in [-0.2, 0) is 15.8 Å². The van der Waals surface area contributed by atoms with Gasteiger partial charge in [-0.3, -0.25) is 0 Å². The van der Waals surface area contributed by atoms with Crippen molar-refractivity contribution in [2.75, 3.05) is 6.54 Å². The predicted molar refractivity (Wildman–Crippen MR) is 80.4 cm³/mol. The number of nitrogens with zero attached hydrogens (tertiary/aromatic N) is 1. The van der Waals surface area contributed by atoms with E-state index in [0.717, 1.165) is 0 Å². The van der Waals surface area contributed by atoms with Gasteiger partial charge in [0.2, 0.25) is 10.0 Å². The molecule has 1 aromatic rings. The van der Waals surface area contributed by atoms with Crippen LogP contribution in [0.15, 0.2) is 24.3 Å². The van der Waals surface area contributed by atoms with Crippen molar-refractivity contribution in [2.45, 2.75) is 33.4 Å². The van der Waals surface area contributed by atoms with Crippen LogP contribution in [0.4, 0.5) is 0 Å². The minimum absolute atomic E-state index is 0.0626. The zero-order valence-corrected chi connectivity index (χ0v) is 13.3. The van der Waals surface area contributed by atoms with Gasteiger partial charge in [0.25, 0.3) is 0 Å². The van der Waals surface area contributed by atoms with Gasteiger partial charge in [-0.1, -0.05) is 39.8 Å². The summed E-state index contributed by atoms with van der Waals surface area (Å²) in [7, 11) is -3.35. The monoisotopic (exact) mass is 294 g/mol. The zero-order valence-electron chi connectivity index (χ0n) is 12.5. The van der Waals surface area contributed by atoms with E-state index in [-0.39, 0.29) is 11.2 Å². The Morgan fingerprint density at radius 1 is 1.25 bits per heavy atom. The van der Waals surface area contributed by atoms with E-state index in [1.54, 1.807) is 24.3 Å². The summed E-state index contributed by atoms with van der Waals surface area (Å²) in [5, 5.41) is 8.71. The molecule has 1 aromatic carbocycles. The molecule has 0 bridgehead atoms. The van der Waals surface area contributed by atoms with Crippen LogP contribution in [-0.4, -0.2) is 15.0 Å². The van der Waals surface area contributed by atoms with Gasteiger partial charge >= 0.3 is 0 Å². The summed E-state index contributed by atoms with van der Waals surface area (Å²) >= 11 is 0. The molecule has 0 saturated heterocycles. The number of sulfonamides is 1. The third-order valence-corrected chi connectivity index (χ3v) is 5.05. The second kappa shape index (κ2) is 6.38. The van der Waals surface area contributed by atoms with Gasteiger partial charge in [-0.2, -0.15) is 5.26 Å². The van der Waals surface area contributed by atoms with Gasteiger partial charge in [0, 0.05) is 6.54 Å². The minimum Gasteiger partial charge on any atom is -0.214 e. The Kier molecular flexibility index (Phi) is 5.32. The molecule has 4 nitrogen and oxygen atoms in total. The van der Waals surface area contributed by atoms with E-state index < -0.39 is 10.0 Å². The largest absolute Gasteiger partial charge is 0.215 e. The molecule has 0 aliphatic carbocycles. The topological polar surface area (TPSA) is 70.0 Å². The molecule has 0 saturated carbocycles. The van der Waals surface area contributed by atoms with Crippen molar-refractivity contribution in [2.24, 2.45) is 11.3 Å². The maximum atomic E-state index is 12.0. The third-order valence-electron chi connectivity index (χ3n) is 3.75. The quantitative estimate of drug-likeness (QED) is 0.877. The second-order valence-corrected chi connectivity index (χ2v) is 7.84. The van der Waals surface area contributed by atoms with Crippen LogP contribution in [0.5, 0.6) is 0 Å². The summed E-state index contributed by atoms with van der Waals surface area (Å²) in [6.45, 7) is 8.66. The number of rotatable bonds is 6. The lowest BCUT2D eigenvalue weighted by Gasteiger charge is -2.29. The molecule has 0 aliphatic rings. The number of nitrogens with one attached hydrogen (secondary N) is 1. The fourth-order valence-electron chi connectivity index (χ4n) is 1.45. The van der Waals surface area contributed by atoms with Crippen LogP contribution in [0.25, 0.3) is 0 Å². The summed E-state index contributed by atoms with van der Waals surface area (Å²) in [6, 6.07) is 8.61. The second-order valence-electron chi connectivity index (χ2n) is 6.03. The summed E-state index contributed by atoms with van der Waals surface area (Å²) in [4.78, 5) is 0. The highest BCUT2D eigenvalue weighted by atomic mass is 32.2. The molecule has 0 amide bonds. The van der Waals surface area contributed by atoms with Gasteiger partial charge in [-0.15, -0.1) is 0 Å². The molecule has 0 aliphatic heterocycles. The van der Waals surface area contributed by atoms with Gasteiger partial charge in [0.1, 0.15) is 0 Å². The first-order valence-corrected chi connectivity index (χ1v) is 8.28. The molecule has 0 spiro atoms. The van der Waals surface area contributed by atoms with E-state index in [0.29, 0.717) is 23.6 Å². The maximum absolute atomic E-state index is 12.0. The van der Waals surface area contributed by atoms with Gasteiger partial charge in [-0.05, 0) is 29.0 Å². The van der Waals surface area contributed by atoms with Crippen LogP contribution in [0.3, 0.4) is 0 Å². The van der Waals surface area contributed by atoms with Gasteiger partial charge in [0.05, 0.1) is 17.4 Å². The van der Waals surface area contributed by atoms with Crippen molar-refractivity contribution in [3.8, 4) is 6.07 Å². The summed E-state index contributed by atoms with van der Waals surface area (Å²) in [5.74, 6) is 0.326. The van der Waals surface area contributed by atoms with Gasteiger partial charge in [0.15, 0.2) is 0 Å².